The fourth-order valence-electron chi connectivity index (χ4n) is 3.35. The number of hydrazine groups is 1. The molecule has 1 fully saturated rings. The summed E-state index contributed by atoms with van der Waals surface area (Å²) in [6.07, 6.45) is 7.88. The van der Waals surface area contributed by atoms with Crippen LogP contribution in [-0.2, 0) is 0 Å². The molecule has 0 atom stereocenters. The zero-order valence-corrected chi connectivity index (χ0v) is 14.7. The maximum atomic E-state index is 12.3. The number of carbonyl (C=O) groups excluding carboxylic acids is 2. The Balaban J connectivity index is 1.40. The Labute approximate surface area is 155 Å². The van der Waals surface area contributed by atoms with Crippen LogP contribution in [0.15, 0.2) is 48.8 Å². The number of nitrogens with one attached hydrogen (secondary N) is 3. The minimum Gasteiger partial charge on any atom is -0.307 e. The number of amides is 3. The molecule has 1 aliphatic rings. The van der Waals surface area contributed by atoms with Crippen molar-refractivity contribution >= 4 is 28.7 Å². The number of pyridine rings is 1. The molecular formula is C19H20N6O2. The van der Waals surface area contributed by atoms with Crippen molar-refractivity contribution in [2.24, 2.45) is 0 Å². The Morgan fingerprint density at radius 2 is 1.81 bits per heavy atom. The number of benzene rings is 1. The minimum atomic E-state index is -0.530. The van der Waals surface area contributed by atoms with Gasteiger partial charge in [-0.15, -0.1) is 0 Å². The molecule has 2 heterocycles. The zero-order chi connectivity index (χ0) is 18.6. The number of rotatable bonds is 3. The first-order valence-electron chi connectivity index (χ1n) is 8.96. The number of nitrogens with zero attached hydrogens (tertiary/aromatic N) is 3. The lowest BCUT2D eigenvalue weighted by atomic mass is 10.2. The van der Waals surface area contributed by atoms with Crippen molar-refractivity contribution in [3.05, 3.63) is 54.4 Å². The van der Waals surface area contributed by atoms with Crippen LogP contribution in [0.1, 0.15) is 42.1 Å². The number of anilines is 1. The van der Waals surface area contributed by atoms with Gasteiger partial charge >= 0.3 is 6.03 Å². The third-order valence-electron chi connectivity index (χ3n) is 4.69. The van der Waals surface area contributed by atoms with Crippen molar-refractivity contribution in [2.45, 2.75) is 31.7 Å². The average Bonchev–Trinajstić information content (AvgIpc) is 3.35. The number of para-hydroxylation sites is 1. The summed E-state index contributed by atoms with van der Waals surface area (Å²) in [6, 6.07) is 10.6. The Bertz CT molecular complexity index is 963. The van der Waals surface area contributed by atoms with E-state index in [-0.39, 0.29) is 0 Å². The zero-order valence-electron chi connectivity index (χ0n) is 14.7. The SMILES string of the molecule is O=C(NNC(=O)c1cnc2c(cnn2C2CCCC2)c1)Nc1ccccc1. The molecule has 1 saturated carbocycles. The van der Waals surface area contributed by atoms with E-state index in [1.807, 2.05) is 10.7 Å². The molecule has 138 valence electrons. The molecule has 8 heteroatoms. The summed E-state index contributed by atoms with van der Waals surface area (Å²) in [4.78, 5) is 28.5. The molecule has 3 N–H and O–H groups in total. The monoisotopic (exact) mass is 364 g/mol. The van der Waals surface area contributed by atoms with Gasteiger partial charge in [-0.25, -0.2) is 19.9 Å². The molecule has 0 aliphatic heterocycles. The highest BCUT2D eigenvalue weighted by molar-refractivity contribution is 5.98. The standard InChI is InChI=1S/C19H20N6O2/c26-18(23-24-19(27)22-15-6-2-1-3-7-15)14-10-13-12-21-25(17(13)20-11-14)16-8-4-5-9-16/h1-3,6-7,10-12,16H,4-5,8-9H2,(H,23,26)(H2,22,24,27). The Kier molecular flexibility index (Phi) is 4.69. The summed E-state index contributed by atoms with van der Waals surface area (Å²) in [7, 11) is 0. The highest BCUT2D eigenvalue weighted by atomic mass is 16.2. The van der Waals surface area contributed by atoms with Gasteiger partial charge in [0.25, 0.3) is 5.91 Å². The van der Waals surface area contributed by atoms with Gasteiger partial charge in [0.1, 0.15) is 0 Å². The first-order chi connectivity index (χ1) is 13.2. The smallest absolute Gasteiger partial charge is 0.307 e. The second-order valence-electron chi connectivity index (χ2n) is 6.56. The van der Waals surface area contributed by atoms with Gasteiger partial charge < -0.3 is 5.32 Å². The van der Waals surface area contributed by atoms with Crippen LogP contribution in [0, 0.1) is 0 Å². The molecular weight excluding hydrogens is 344 g/mol. The maximum Gasteiger partial charge on any atom is 0.337 e. The highest BCUT2D eigenvalue weighted by Crippen LogP contribution is 2.31. The van der Waals surface area contributed by atoms with E-state index in [9.17, 15) is 9.59 Å². The van der Waals surface area contributed by atoms with Gasteiger partial charge in [-0.3, -0.25) is 10.2 Å². The van der Waals surface area contributed by atoms with Crippen LogP contribution >= 0.6 is 0 Å². The Morgan fingerprint density at radius 3 is 2.59 bits per heavy atom. The van der Waals surface area contributed by atoms with Crippen molar-refractivity contribution in [3.63, 3.8) is 0 Å². The lowest BCUT2D eigenvalue weighted by Crippen LogP contribution is -2.43. The number of hydrogen-bond donors (Lipinski definition) is 3. The third-order valence-corrected chi connectivity index (χ3v) is 4.69. The minimum absolute atomic E-state index is 0.355. The summed E-state index contributed by atoms with van der Waals surface area (Å²) >= 11 is 0. The van der Waals surface area contributed by atoms with E-state index in [0.29, 0.717) is 17.3 Å². The first-order valence-corrected chi connectivity index (χ1v) is 8.96. The van der Waals surface area contributed by atoms with Gasteiger partial charge in [0.15, 0.2) is 5.65 Å². The predicted molar refractivity (Wildman–Crippen MR) is 101 cm³/mol. The van der Waals surface area contributed by atoms with Gasteiger partial charge in [0.2, 0.25) is 0 Å². The van der Waals surface area contributed by atoms with E-state index in [1.54, 1.807) is 36.5 Å². The Hall–Kier alpha value is -3.42. The molecule has 0 radical (unpaired) electrons. The Morgan fingerprint density at radius 1 is 1.04 bits per heavy atom. The van der Waals surface area contributed by atoms with Crippen LogP contribution in [0.5, 0.6) is 0 Å². The summed E-state index contributed by atoms with van der Waals surface area (Å²) in [5.74, 6) is -0.443. The van der Waals surface area contributed by atoms with Crippen molar-refractivity contribution in [1.29, 1.82) is 0 Å². The van der Waals surface area contributed by atoms with E-state index in [1.165, 1.54) is 19.0 Å². The fourth-order valence-corrected chi connectivity index (χ4v) is 3.35. The first kappa shape index (κ1) is 17.0. The summed E-state index contributed by atoms with van der Waals surface area (Å²) in [5.41, 5.74) is 6.48. The van der Waals surface area contributed by atoms with E-state index < -0.39 is 11.9 Å². The lowest BCUT2D eigenvalue weighted by Gasteiger charge is -2.11. The topological polar surface area (TPSA) is 101 Å². The van der Waals surface area contributed by atoms with Crippen LogP contribution in [-0.4, -0.2) is 26.7 Å². The van der Waals surface area contributed by atoms with Crippen LogP contribution in [0.3, 0.4) is 0 Å². The molecule has 1 aliphatic carbocycles. The van der Waals surface area contributed by atoms with Gasteiger partial charge in [-0.2, -0.15) is 5.10 Å². The van der Waals surface area contributed by atoms with Gasteiger partial charge in [-0.1, -0.05) is 31.0 Å². The molecule has 3 amide bonds. The van der Waals surface area contributed by atoms with Gasteiger partial charge in [-0.05, 0) is 31.0 Å². The molecule has 0 unspecified atom stereocenters. The second kappa shape index (κ2) is 7.45. The van der Waals surface area contributed by atoms with Crippen molar-refractivity contribution < 1.29 is 9.59 Å². The van der Waals surface area contributed by atoms with Crippen LogP contribution < -0.4 is 16.2 Å². The summed E-state index contributed by atoms with van der Waals surface area (Å²) in [6.45, 7) is 0. The molecule has 0 spiro atoms. The molecule has 27 heavy (non-hydrogen) atoms. The fraction of sp³-hybridized carbons (Fsp3) is 0.263. The van der Waals surface area contributed by atoms with Crippen LogP contribution in [0.25, 0.3) is 11.0 Å². The molecule has 4 rings (SSSR count). The molecule has 2 aromatic heterocycles. The van der Waals surface area contributed by atoms with Gasteiger partial charge in [0, 0.05) is 17.3 Å². The molecule has 0 saturated heterocycles. The maximum absolute atomic E-state index is 12.3. The van der Waals surface area contributed by atoms with Crippen LogP contribution in [0.2, 0.25) is 0 Å². The number of fused-ring (bicyclic) bond motifs is 1. The lowest BCUT2D eigenvalue weighted by molar-refractivity contribution is 0.0937. The normalized spacial score (nSPS) is 14.2. The van der Waals surface area contributed by atoms with E-state index >= 15 is 0 Å². The molecule has 0 bridgehead atoms. The average molecular weight is 364 g/mol. The van der Waals surface area contributed by atoms with Gasteiger partial charge in [0.05, 0.1) is 17.8 Å². The van der Waals surface area contributed by atoms with Crippen molar-refractivity contribution in [1.82, 2.24) is 25.6 Å². The predicted octanol–water partition coefficient (Wildman–Crippen LogP) is 3.01. The third kappa shape index (κ3) is 3.74. The summed E-state index contributed by atoms with van der Waals surface area (Å²) in [5, 5.41) is 7.87. The van der Waals surface area contributed by atoms with E-state index in [4.69, 9.17) is 0 Å². The number of urea groups is 1. The molecule has 1 aromatic carbocycles. The molecule has 3 aromatic rings. The molecule has 8 nitrogen and oxygen atoms in total. The number of carbonyl (C=O) groups is 2. The number of aromatic nitrogens is 3. The largest absolute Gasteiger partial charge is 0.337 e. The van der Waals surface area contributed by atoms with Crippen molar-refractivity contribution in [2.75, 3.05) is 5.32 Å². The highest BCUT2D eigenvalue weighted by Gasteiger charge is 2.20. The van der Waals surface area contributed by atoms with Crippen molar-refractivity contribution in [3.8, 4) is 0 Å². The summed E-state index contributed by atoms with van der Waals surface area (Å²) < 4.78 is 1.95. The quantitative estimate of drug-likeness (QED) is 0.622. The van der Waals surface area contributed by atoms with E-state index in [0.717, 1.165) is 23.9 Å². The van der Waals surface area contributed by atoms with Crippen LogP contribution in [0.4, 0.5) is 10.5 Å². The second-order valence-corrected chi connectivity index (χ2v) is 6.56. The van der Waals surface area contributed by atoms with E-state index in [2.05, 4.69) is 26.3 Å². The number of hydrogen-bond acceptors (Lipinski definition) is 4.